The van der Waals surface area contributed by atoms with Gasteiger partial charge in [-0.2, -0.15) is 0 Å². The van der Waals surface area contributed by atoms with Crippen LogP contribution in [0.4, 0.5) is 15.9 Å². The fourth-order valence-electron chi connectivity index (χ4n) is 3.21. The number of anilines is 2. The summed E-state index contributed by atoms with van der Waals surface area (Å²) >= 11 is 0. The molecule has 0 radical (unpaired) electrons. The molecular weight excluding hydrogens is 359 g/mol. The Kier molecular flexibility index (Phi) is 6.23. The number of carbonyl (C=O) groups excluding carboxylic acids is 2. The Morgan fingerprint density at radius 2 is 1.82 bits per heavy atom. The quantitative estimate of drug-likeness (QED) is 0.802. The topological polar surface area (TPSA) is 74.3 Å². The first-order chi connectivity index (χ1) is 13.5. The van der Waals surface area contributed by atoms with Crippen LogP contribution in [0.15, 0.2) is 42.6 Å². The highest BCUT2D eigenvalue weighted by Gasteiger charge is 2.26. The van der Waals surface area contributed by atoms with Gasteiger partial charge in [-0.15, -0.1) is 0 Å². The van der Waals surface area contributed by atoms with Crippen LogP contribution in [0, 0.1) is 11.7 Å². The molecule has 1 aromatic carbocycles. The van der Waals surface area contributed by atoms with Gasteiger partial charge in [-0.05, 0) is 43.0 Å². The number of nitrogens with one attached hydrogen (secondary N) is 2. The number of aromatic nitrogens is 1. The molecule has 2 N–H and O–H groups in total. The maximum absolute atomic E-state index is 13.8. The molecule has 7 heteroatoms. The van der Waals surface area contributed by atoms with Crippen LogP contribution >= 0.6 is 0 Å². The molecule has 0 unspecified atom stereocenters. The Morgan fingerprint density at radius 3 is 2.43 bits per heavy atom. The monoisotopic (exact) mass is 384 g/mol. The van der Waals surface area contributed by atoms with Gasteiger partial charge in [0.05, 0.1) is 17.4 Å². The molecule has 1 saturated heterocycles. The van der Waals surface area contributed by atoms with Crippen molar-refractivity contribution in [3.8, 4) is 0 Å². The molecule has 0 aliphatic carbocycles. The molecule has 2 amide bonds. The van der Waals surface area contributed by atoms with E-state index in [0.717, 1.165) is 31.7 Å². The minimum Gasteiger partial charge on any atom is -0.357 e. The van der Waals surface area contributed by atoms with Gasteiger partial charge in [-0.25, -0.2) is 9.37 Å². The molecule has 28 heavy (non-hydrogen) atoms. The average Bonchev–Trinajstić information content (AvgIpc) is 3.21. The molecule has 1 aromatic heterocycles. The molecule has 148 valence electrons. The molecule has 3 rings (SSSR count). The van der Waals surface area contributed by atoms with Crippen molar-refractivity contribution < 1.29 is 14.0 Å². The summed E-state index contributed by atoms with van der Waals surface area (Å²) in [7, 11) is 0. The van der Waals surface area contributed by atoms with E-state index >= 15 is 0 Å². The third kappa shape index (κ3) is 4.65. The third-order valence-electron chi connectivity index (χ3n) is 4.80. The van der Waals surface area contributed by atoms with Crippen LogP contribution in [0.5, 0.6) is 0 Å². The zero-order valence-electron chi connectivity index (χ0n) is 16.1. The molecular formula is C21H25FN4O2. The number of hydrogen-bond donors (Lipinski definition) is 2. The summed E-state index contributed by atoms with van der Waals surface area (Å²) in [4.78, 5) is 31.7. The zero-order chi connectivity index (χ0) is 20.1. The lowest BCUT2D eigenvalue weighted by molar-refractivity contribution is -0.118. The summed E-state index contributed by atoms with van der Waals surface area (Å²) in [6.07, 6.45) is 3.94. The summed E-state index contributed by atoms with van der Waals surface area (Å²) in [5.41, 5.74) is 0.469. The summed E-state index contributed by atoms with van der Waals surface area (Å²) in [5, 5.41) is 5.41. The molecule has 2 aromatic rings. The van der Waals surface area contributed by atoms with E-state index in [4.69, 9.17) is 0 Å². The number of pyridine rings is 1. The van der Waals surface area contributed by atoms with Crippen molar-refractivity contribution in [2.24, 2.45) is 5.92 Å². The van der Waals surface area contributed by atoms with Crippen molar-refractivity contribution >= 4 is 23.3 Å². The molecule has 1 aliphatic rings. The van der Waals surface area contributed by atoms with E-state index in [1.807, 2.05) is 19.9 Å². The van der Waals surface area contributed by atoms with Gasteiger partial charge in [0, 0.05) is 13.1 Å². The van der Waals surface area contributed by atoms with Crippen LogP contribution in [0.3, 0.4) is 0 Å². The summed E-state index contributed by atoms with van der Waals surface area (Å²) in [6.45, 7) is 5.63. The Morgan fingerprint density at radius 1 is 1.11 bits per heavy atom. The maximum atomic E-state index is 13.8. The first kappa shape index (κ1) is 19.8. The third-order valence-corrected chi connectivity index (χ3v) is 4.80. The number of carbonyl (C=O) groups is 2. The Bertz CT molecular complexity index is 833. The standard InChI is InChI=1S/C21H25FN4O2/c1-14(2)19(25-20(27)16-7-3-4-8-17(16)22)21(28)24-15-9-10-18(23-13-15)26-11-5-6-12-26/h3-4,7-10,13-14,19H,5-6,11-12H2,1-2H3,(H,24,28)(H,25,27)/t19-/m0/s1. The number of nitrogens with zero attached hydrogens (tertiary/aromatic N) is 2. The summed E-state index contributed by atoms with van der Waals surface area (Å²) < 4.78 is 13.8. The van der Waals surface area contributed by atoms with E-state index in [9.17, 15) is 14.0 Å². The van der Waals surface area contributed by atoms with Crippen LogP contribution in [0.2, 0.25) is 0 Å². The van der Waals surface area contributed by atoms with Crippen molar-refractivity contribution in [2.45, 2.75) is 32.7 Å². The van der Waals surface area contributed by atoms with Crippen LogP contribution < -0.4 is 15.5 Å². The lowest BCUT2D eigenvalue weighted by Gasteiger charge is -2.22. The molecule has 1 aliphatic heterocycles. The van der Waals surface area contributed by atoms with Gasteiger partial charge in [0.1, 0.15) is 17.7 Å². The van der Waals surface area contributed by atoms with Crippen molar-refractivity contribution in [1.82, 2.24) is 10.3 Å². The first-order valence-corrected chi connectivity index (χ1v) is 9.53. The first-order valence-electron chi connectivity index (χ1n) is 9.53. The average molecular weight is 384 g/mol. The molecule has 1 fully saturated rings. The fraction of sp³-hybridized carbons (Fsp3) is 0.381. The van der Waals surface area contributed by atoms with Gasteiger partial charge in [-0.3, -0.25) is 9.59 Å². The van der Waals surface area contributed by atoms with Crippen molar-refractivity contribution in [2.75, 3.05) is 23.3 Å². The molecule has 0 saturated carbocycles. The minimum absolute atomic E-state index is 0.0856. The molecule has 0 spiro atoms. The number of rotatable bonds is 6. The highest BCUT2D eigenvalue weighted by atomic mass is 19.1. The van der Waals surface area contributed by atoms with E-state index in [1.165, 1.54) is 18.2 Å². The van der Waals surface area contributed by atoms with E-state index in [1.54, 1.807) is 18.3 Å². The fourth-order valence-corrected chi connectivity index (χ4v) is 3.21. The Labute approximate surface area is 164 Å². The van der Waals surface area contributed by atoms with Gasteiger partial charge in [0.2, 0.25) is 5.91 Å². The lowest BCUT2D eigenvalue weighted by atomic mass is 10.0. The maximum Gasteiger partial charge on any atom is 0.254 e. The Hall–Kier alpha value is -2.96. The highest BCUT2D eigenvalue weighted by molar-refractivity contribution is 6.01. The van der Waals surface area contributed by atoms with Gasteiger partial charge >= 0.3 is 0 Å². The van der Waals surface area contributed by atoms with Crippen LogP contribution in [-0.4, -0.2) is 35.9 Å². The SMILES string of the molecule is CC(C)[C@H](NC(=O)c1ccccc1F)C(=O)Nc1ccc(N2CCCC2)nc1. The second-order valence-corrected chi connectivity index (χ2v) is 7.26. The predicted octanol–water partition coefficient (Wildman–Crippen LogP) is 3.21. The van der Waals surface area contributed by atoms with Crippen molar-refractivity contribution in [3.05, 3.63) is 54.0 Å². The van der Waals surface area contributed by atoms with Crippen LogP contribution in [0.25, 0.3) is 0 Å². The summed E-state index contributed by atoms with van der Waals surface area (Å²) in [6, 6.07) is 8.57. The van der Waals surface area contributed by atoms with E-state index < -0.39 is 17.8 Å². The van der Waals surface area contributed by atoms with Gasteiger partial charge in [-0.1, -0.05) is 26.0 Å². The summed E-state index contributed by atoms with van der Waals surface area (Å²) in [5.74, 6) is -0.884. The molecule has 1 atom stereocenters. The van der Waals surface area contributed by atoms with E-state index in [2.05, 4.69) is 20.5 Å². The van der Waals surface area contributed by atoms with Crippen molar-refractivity contribution in [1.29, 1.82) is 0 Å². The number of benzene rings is 1. The van der Waals surface area contributed by atoms with Gasteiger partial charge in [0.15, 0.2) is 0 Å². The second kappa shape index (κ2) is 8.82. The normalized spacial score (nSPS) is 14.8. The van der Waals surface area contributed by atoms with Crippen LogP contribution in [-0.2, 0) is 4.79 Å². The minimum atomic E-state index is -0.801. The highest BCUT2D eigenvalue weighted by Crippen LogP contribution is 2.19. The van der Waals surface area contributed by atoms with Crippen molar-refractivity contribution in [3.63, 3.8) is 0 Å². The number of halogens is 1. The Balaban J connectivity index is 1.66. The smallest absolute Gasteiger partial charge is 0.254 e. The largest absolute Gasteiger partial charge is 0.357 e. The predicted molar refractivity (Wildman–Crippen MR) is 107 cm³/mol. The second-order valence-electron chi connectivity index (χ2n) is 7.26. The molecule has 0 bridgehead atoms. The van der Waals surface area contributed by atoms with E-state index in [0.29, 0.717) is 5.69 Å². The molecule has 6 nitrogen and oxygen atoms in total. The van der Waals surface area contributed by atoms with Gasteiger partial charge in [0.25, 0.3) is 5.91 Å². The number of amides is 2. The zero-order valence-corrected chi connectivity index (χ0v) is 16.1. The van der Waals surface area contributed by atoms with Gasteiger partial charge < -0.3 is 15.5 Å². The molecule has 2 heterocycles. The van der Waals surface area contributed by atoms with Crippen LogP contribution in [0.1, 0.15) is 37.0 Å². The lowest BCUT2D eigenvalue weighted by Crippen LogP contribution is -2.47. The van der Waals surface area contributed by atoms with E-state index in [-0.39, 0.29) is 17.4 Å². The number of hydrogen-bond acceptors (Lipinski definition) is 4.